The Hall–Kier alpha value is -2.38. The molecule has 0 radical (unpaired) electrons. The molecule has 6 nitrogen and oxygen atoms in total. The summed E-state index contributed by atoms with van der Waals surface area (Å²) in [5.74, 6) is -0.168. The summed E-state index contributed by atoms with van der Waals surface area (Å²) >= 11 is 1.65. The van der Waals surface area contributed by atoms with E-state index in [4.69, 9.17) is 14.2 Å². The summed E-state index contributed by atoms with van der Waals surface area (Å²) in [7, 11) is 0. The van der Waals surface area contributed by atoms with Crippen LogP contribution in [0.3, 0.4) is 0 Å². The summed E-state index contributed by atoms with van der Waals surface area (Å²) in [6, 6.07) is 10.7. The van der Waals surface area contributed by atoms with Gasteiger partial charge in [0.25, 0.3) is 5.91 Å². The van der Waals surface area contributed by atoms with E-state index in [1.807, 2.05) is 17.5 Å². The van der Waals surface area contributed by atoms with Gasteiger partial charge >= 0.3 is 5.97 Å². The van der Waals surface area contributed by atoms with Crippen molar-refractivity contribution in [2.24, 2.45) is 0 Å². The molecule has 144 valence electrons. The highest BCUT2D eigenvalue weighted by atomic mass is 32.1. The average Bonchev–Trinajstić information content (AvgIpc) is 3.39. The highest BCUT2D eigenvalue weighted by Gasteiger charge is 2.16. The second-order valence-electron chi connectivity index (χ2n) is 6.23. The summed E-state index contributed by atoms with van der Waals surface area (Å²) in [5.41, 5.74) is 0.380. The van der Waals surface area contributed by atoms with E-state index in [1.54, 1.807) is 35.6 Å². The topological polar surface area (TPSA) is 73.9 Å². The highest BCUT2D eigenvalue weighted by molar-refractivity contribution is 7.09. The Morgan fingerprint density at radius 1 is 1.22 bits per heavy atom. The van der Waals surface area contributed by atoms with Crippen molar-refractivity contribution in [1.29, 1.82) is 0 Å². The van der Waals surface area contributed by atoms with Crippen molar-refractivity contribution >= 4 is 23.2 Å². The number of amides is 1. The molecule has 1 aromatic carbocycles. The predicted octanol–water partition coefficient (Wildman–Crippen LogP) is 2.82. The normalized spacial score (nSPS) is 16.1. The molecule has 27 heavy (non-hydrogen) atoms. The van der Waals surface area contributed by atoms with Crippen LogP contribution in [0, 0.1) is 0 Å². The van der Waals surface area contributed by atoms with E-state index in [0.29, 0.717) is 24.5 Å². The molecule has 1 amide bonds. The van der Waals surface area contributed by atoms with Crippen molar-refractivity contribution in [1.82, 2.24) is 5.32 Å². The first-order valence-electron chi connectivity index (χ1n) is 9.01. The zero-order chi connectivity index (χ0) is 18.9. The van der Waals surface area contributed by atoms with Gasteiger partial charge in [0.15, 0.2) is 6.61 Å². The molecule has 1 aliphatic rings. The fraction of sp³-hybridized carbons (Fsp3) is 0.400. The van der Waals surface area contributed by atoms with E-state index < -0.39 is 5.97 Å². The molecule has 0 bridgehead atoms. The second-order valence-corrected chi connectivity index (χ2v) is 7.26. The average molecular weight is 389 g/mol. The van der Waals surface area contributed by atoms with Gasteiger partial charge in [0.1, 0.15) is 12.4 Å². The molecule has 1 fully saturated rings. The lowest BCUT2D eigenvalue weighted by Gasteiger charge is -2.11. The van der Waals surface area contributed by atoms with Gasteiger partial charge in [-0.2, -0.15) is 0 Å². The molecule has 1 aliphatic heterocycles. The molecule has 0 saturated carbocycles. The first-order chi connectivity index (χ1) is 13.2. The van der Waals surface area contributed by atoms with Crippen LogP contribution in [0.5, 0.6) is 5.75 Å². The number of ether oxygens (including phenoxy) is 3. The van der Waals surface area contributed by atoms with E-state index in [1.165, 1.54) is 4.88 Å². The summed E-state index contributed by atoms with van der Waals surface area (Å²) in [6.07, 6.45) is 3.00. The number of thiophene rings is 1. The number of rotatable bonds is 9. The quantitative estimate of drug-likeness (QED) is 0.668. The van der Waals surface area contributed by atoms with Gasteiger partial charge in [-0.05, 0) is 55.0 Å². The van der Waals surface area contributed by atoms with Gasteiger partial charge in [0.05, 0.1) is 11.7 Å². The first kappa shape index (κ1) is 19.4. The number of hydrogen-bond acceptors (Lipinski definition) is 6. The van der Waals surface area contributed by atoms with Crippen LogP contribution >= 0.6 is 11.3 Å². The SMILES string of the molecule is O=C(COC(=O)c1ccc(OCC2CCCO2)cc1)NCCc1cccs1. The summed E-state index contributed by atoms with van der Waals surface area (Å²) < 4.78 is 16.2. The molecule has 3 rings (SSSR count). The molecule has 1 aromatic heterocycles. The van der Waals surface area contributed by atoms with Crippen LogP contribution < -0.4 is 10.1 Å². The van der Waals surface area contributed by atoms with Crippen LogP contribution in [-0.2, 0) is 20.7 Å². The number of benzene rings is 1. The molecule has 1 saturated heterocycles. The smallest absolute Gasteiger partial charge is 0.338 e. The lowest BCUT2D eigenvalue weighted by atomic mass is 10.2. The van der Waals surface area contributed by atoms with E-state index >= 15 is 0 Å². The first-order valence-corrected chi connectivity index (χ1v) is 9.89. The van der Waals surface area contributed by atoms with Gasteiger partial charge in [-0.1, -0.05) is 6.07 Å². The number of carbonyl (C=O) groups excluding carboxylic acids is 2. The van der Waals surface area contributed by atoms with E-state index in [9.17, 15) is 9.59 Å². The Bertz CT molecular complexity index is 723. The summed E-state index contributed by atoms with van der Waals surface area (Å²) in [5, 5.41) is 4.74. The Labute approximate surface area is 162 Å². The Kier molecular flexibility index (Phi) is 7.24. The van der Waals surface area contributed by atoms with Crippen molar-refractivity contribution < 1.29 is 23.8 Å². The lowest BCUT2D eigenvalue weighted by molar-refractivity contribution is -0.124. The molecule has 1 unspecified atom stereocenters. The Morgan fingerprint density at radius 3 is 2.78 bits per heavy atom. The third-order valence-corrected chi connectivity index (χ3v) is 5.09. The van der Waals surface area contributed by atoms with Crippen LogP contribution in [0.1, 0.15) is 28.1 Å². The minimum absolute atomic E-state index is 0.146. The number of esters is 1. The largest absolute Gasteiger partial charge is 0.491 e. The van der Waals surface area contributed by atoms with Crippen molar-refractivity contribution in [2.45, 2.75) is 25.4 Å². The zero-order valence-electron chi connectivity index (χ0n) is 15.0. The minimum Gasteiger partial charge on any atom is -0.491 e. The lowest BCUT2D eigenvalue weighted by Crippen LogP contribution is -2.30. The molecule has 1 atom stereocenters. The fourth-order valence-corrected chi connectivity index (χ4v) is 3.41. The van der Waals surface area contributed by atoms with E-state index in [-0.39, 0.29) is 18.6 Å². The van der Waals surface area contributed by atoms with Gasteiger partial charge in [-0.15, -0.1) is 11.3 Å². The van der Waals surface area contributed by atoms with Gasteiger partial charge in [-0.3, -0.25) is 4.79 Å². The fourth-order valence-electron chi connectivity index (χ4n) is 2.70. The zero-order valence-corrected chi connectivity index (χ0v) is 15.8. The number of hydrogen-bond donors (Lipinski definition) is 1. The molecular weight excluding hydrogens is 366 g/mol. The van der Waals surface area contributed by atoms with Gasteiger partial charge in [0, 0.05) is 18.0 Å². The molecule has 0 spiro atoms. The van der Waals surface area contributed by atoms with Gasteiger partial charge in [-0.25, -0.2) is 4.79 Å². The molecule has 7 heteroatoms. The van der Waals surface area contributed by atoms with Crippen molar-refractivity contribution in [3.05, 3.63) is 52.2 Å². The highest BCUT2D eigenvalue weighted by Crippen LogP contribution is 2.17. The Balaban J connectivity index is 1.35. The maximum atomic E-state index is 12.0. The van der Waals surface area contributed by atoms with Crippen LogP contribution in [0.4, 0.5) is 0 Å². The number of carbonyl (C=O) groups is 2. The van der Waals surface area contributed by atoms with Crippen LogP contribution in [0.25, 0.3) is 0 Å². The standard InChI is InChI=1S/C20H23NO5S/c22-19(21-10-9-18-4-2-12-27-18)14-26-20(23)15-5-7-16(8-6-15)25-13-17-3-1-11-24-17/h2,4-8,12,17H,1,3,9-11,13-14H2,(H,21,22). The summed E-state index contributed by atoms with van der Waals surface area (Å²) in [6.45, 7) is 1.53. The molecule has 2 heterocycles. The van der Waals surface area contributed by atoms with E-state index in [0.717, 1.165) is 25.9 Å². The van der Waals surface area contributed by atoms with Crippen LogP contribution in [-0.4, -0.2) is 44.3 Å². The molecule has 2 aromatic rings. The summed E-state index contributed by atoms with van der Waals surface area (Å²) in [4.78, 5) is 25.0. The van der Waals surface area contributed by atoms with Crippen LogP contribution in [0.2, 0.25) is 0 Å². The van der Waals surface area contributed by atoms with Gasteiger partial charge in [0.2, 0.25) is 0 Å². The maximum Gasteiger partial charge on any atom is 0.338 e. The van der Waals surface area contributed by atoms with Crippen LogP contribution in [0.15, 0.2) is 41.8 Å². The van der Waals surface area contributed by atoms with Gasteiger partial charge < -0.3 is 19.5 Å². The van der Waals surface area contributed by atoms with Crippen molar-refractivity contribution in [3.8, 4) is 5.75 Å². The minimum atomic E-state index is -0.533. The third-order valence-electron chi connectivity index (χ3n) is 4.16. The Morgan fingerprint density at radius 2 is 2.07 bits per heavy atom. The van der Waals surface area contributed by atoms with Crippen molar-refractivity contribution in [3.63, 3.8) is 0 Å². The predicted molar refractivity (Wildman–Crippen MR) is 102 cm³/mol. The number of nitrogens with one attached hydrogen (secondary N) is 1. The third kappa shape index (κ3) is 6.37. The molecule has 1 N–H and O–H groups in total. The molecule has 0 aliphatic carbocycles. The molecular formula is C20H23NO5S. The monoisotopic (exact) mass is 389 g/mol. The van der Waals surface area contributed by atoms with Crippen molar-refractivity contribution in [2.75, 3.05) is 26.4 Å². The second kappa shape index (κ2) is 10.1. The maximum absolute atomic E-state index is 12.0. The van der Waals surface area contributed by atoms with E-state index in [2.05, 4.69) is 5.32 Å².